The van der Waals surface area contributed by atoms with E-state index in [1.165, 1.54) is 11.1 Å². The van der Waals surface area contributed by atoms with Crippen molar-refractivity contribution in [3.63, 3.8) is 0 Å². The van der Waals surface area contributed by atoms with Gasteiger partial charge in [0, 0.05) is 70.2 Å². The van der Waals surface area contributed by atoms with Gasteiger partial charge in [-0.2, -0.15) is 5.10 Å². The van der Waals surface area contributed by atoms with E-state index in [1.807, 2.05) is 11.7 Å². The minimum Gasteiger partial charge on any atom is -0.379 e. The van der Waals surface area contributed by atoms with Crippen LogP contribution in [0.25, 0.3) is 11.3 Å². The fourth-order valence-corrected chi connectivity index (χ4v) is 4.03. The molecule has 0 bridgehead atoms. The molecule has 4 rings (SSSR count). The van der Waals surface area contributed by atoms with Gasteiger partial charge in [0.25, 0.3) is 0 Å². The van der Waals surface area contributed by atoms with E-state index in [4.69, 9.17) is 14.6 Å². The molecule has 0 radical (unpaired) electrons. The molecular weight excluding hydrogens is 340 g/mol. The molecule has 2 aliphatic rings. The van der Waals surface area contributed by atoms with Crippen molar-refractivity contribution >= 4 is 0 Å². The van der Waals surface area contributed by atoms with Gasteiger partial charge in [0.2, 0.25) is 0 Å². The molecule has 0 N–H and O–H groups in total. The Bertz CT molecular complexity index is 712. The summed E-state index contributed by atoms with van der Waals surface area (Å²) in [7, 11) is 2.00. The highest BCUT2D eigenvalue weighted by Crippen LogP contribution is 2.23. The van der Waals surface area contributed by atoms with Crippen LogP contribution in [0.2, 0.25) is 0 Å². The van der Waals surface area contributed by atoms with Gasteiger partial charge in [-0.05, 0) is 6.42 Å². The predicted molar refractivity (Wildman–Crippen MR) is 106 cm³/mol. The maximum absolute atomic E-state index is 6.15. The third-order valence-corrected chi connectivity index (χ3v) is 5.35. The number of benzene rings is 1. The van der Waals surface area contributed by atoms with E-state index in [-0.39, 0.29) is 6.10 Å². The Hall–Kier alpha value is -1.73. The van der Waals surface area contributed by atoms with Crippen LogP contribution in [-0.2, 0) is 23.1 Å². The molecule has 2 aromatic rings. The van der Waals surface area contributed by atoms with Crippen molar-refractivity contribution in [1.29, 1.82) is 0 Å². The van der Waals surface area contributed by atoms with E-state index < -0.39 is 0 Å². The molecular formula is C21H30N4O2. The zero-order chi connectivity index (χ0) is 18.5. The molecule has 2 fully saturated rings. The van der Waals surface area contributed by atoms with Crippen LogP contribution in [0.4, 0.5) is 0 Å². The van der Waals surface area contributed by atoms with Gasteiger partial charge in [0.05, 0.1) is 25.0 Å². The third-order valence-electron chi connectivity index (χ3n) is 5.35. The fraction of sp³-hybridized carbons (Fsp3) is 0.571. The van der Waals surface area contributed by atoms with Gasteiger partial charge in [-0.3, -0.25) is 14.5 Å². The first kappa shape index (κ1) is 18.6. The molecule has 0 unspecified atom stereocenters. The smallest absolute Gasteiger partial charge is 0.0968 e. The molecule has 6 heteroatoms. The van der Waals surface area contributed by atoms with E-state index in [1.54, 1.807) is 0 Å². The number of hydrogen-bond donors (Lipinski definition) is 0. The monoisotopic (exact) mass is 370 g/mol. The van der Waals surface area contributed by atoms with Crippen LogP contribution in [-0.4, -0.2) is 78.2 Å². The molecule has 1 aromatic heterocycles. The summed E-state index contributed by atoms with van der Waals surface area (Å²) >= 11 is 0. The normalized spacial score (nSPS) is 22.6. The number of nitrogens with zero attached hydrogens (tertiary/aromatic N) is 4. The fourth-order valence-electron chi connectivity index (χ4n) is 4.03. The number of ether oxygens (including phenoxy) is 2. The molecule has 146 valence electrons. The van der Waals surface area contributed by atoms with Gasteiger partial charge in [0.1, 0.15) is 0 Å². The second-order valence-electron chi connectivity index (χ2n) is 7.54. The molecule has 0 saturated carbocycles. The SMILES string of the molecule is Cn1cc(CN2CCCO[C@H](CN3CCOCC3)C2)c(-c2ccccc2)n1. The average molecular weight is 370 g/mol. The molecule has 0 spiro atoms. The van der Waals surface area contributed by atoms with Gasteiger partial charge in [0.15, 0.2) is 0 Å². The maximum atomic E-state index is 6.15. The van der Waals surface area contributed by atoms with E-state index in [0.717, 1.165) is 71.2 Å². The van der Waals surface area contributed by atoms with Crippen LogP contribution in [0.3, 0.4) is 0 Å². The van der Waals surface area contributed by atoms with Gasteiger partial charge < -0.3 is 9.47 Å². The van der Waals surface area contributed by atoms with Crippen molar-refractivity contribution in [3.8, 4) is 11.3 Å². The van der Waals surface area contributed by atoms with Gasteiger partial charge in [-0.1, -0.05) is 30.3 Å². The lowest BCUT2D eigenvalue weighted by Crippen LogP contribution is -2.44. The number of aromatic nitrogens is 2. The molecule has 27 heavy (non-hydrogen) atoms. The Morgan fingerprint density at radius 2 is 1.85 bits per heavy atom. The summed E-state index contributed by atoms with van der Waals surface area (Å²) < 4.78 is 13.5. The Morgan fingerprint density at radius 3 is 2.67 bits per heavy atom. The molecule has 3 heterocycles. The lowest BCUT2D eigenvalue weighted by atomic mass is 10.1. The van der Waals surface area contributed by atoms with Crippen LogP contribution in [0.15, 0.2) is 36.5 Å². The molecule has 1 atom stereocenters. The molecule has 6 nitrogen and oxygen atoms in total. The summed E-state index contributed by atoms with van der Waals surface area (Å²) in [6.45, 7) is 8.52. The van der Waals surface area contributed by atoms with Gasteiger partial charge in [-0.15, -0.1) is 0 Å². The van der Waals surface area contributed by atoms with Crippen molar-refractivity contribution in [3.05, 3.63) is 42.1 Å². The molecule has 0 amide bonds. The van der Waals surface area contributed by atoms with Crippen LogP contribution < -0.4 is 0 Å². The lowest BCUT2D eigenvalue weighted by molar-refractivity contribution is -0.0122. The van der Waals surface area contributed by atoms with E-state index >= 15 is 0 Å². The van der Waals surface area contributed by atoms with Crippen molar-refractivity contribution in [2.75, 3.05) is 52.5 Å². The Labute approximate surface area is 161 Å². The highest BCUT2D eigenvalue weighted by molar-refractivity contribution is 5.62. The maximum Gasteiger partial charge on any atom is 0.0968 e. The van der Waals surface area contributed by atoms with Crippen molar-refractivity contribution < 1.29 is 9.47 Å². The standard InChI is InChI=1S/C21H30N4O2/c1-23-14-19(21(22-23)18-6-3-2-4-7-18)15-25-8-5-11-27-20(17-25)16-24-9-12-26-13-10-24/h2-4,6-7,14,20H,5,8-13,15-17H2,1H3/t20-/m1/s1. The molecule has 0 aliphatic carbocycles. The number of rotatable bonds is 5. The first-order chi connectivity index (χ1) is 13.3. The third kappa shape index (κ3) is 4.96. The molecule has 2 saturated heterocycles. The first-order valence-electron chi connectivity index (χ1n) is 10.00. The average Bonchev–Trinajstić information content (AvgIpc) is 2.91. The van der Waals surface area contributed by atoms with Crippen LogP contribution >= 0.6 is 0 Å². The van der Waals surface area contributed by atoms with E-state index in [9.17, 15) is 0 Å². The van der Waals surface area contributed by atoms with E-state index in [0.29, 0.717) is 0 Å². The second kappa shape index (κ2) is 8.97. The summed E-state index contributed by atoms with van der Waals surface area (Å²) in [5.74, 6) is 0. The minimum atomic E-state index is 0.266. The Kier molecular flexibility index (Phi) is 6.19. The summed E-state index contributed by atoms with van der Waals surface area (Å²) in [5.41, 5.74) is 3.56. The highest BCUT2D eigenvalue weighted by Gasteiger charge is 2.23. The summed E-state index contributed by atoms with van der Waals surface area (Å²) in [6.07, 6.45) is 3.51. The van der Waals surface area contributed by atoms with Crippen molar-refractivity contribution in [1.82, 2.24) is 19.6 Å². The number of aryl methyl sites for hydroxylation is 1. The van der Waals surface area contributed by atoms with Crippen LogP contribution in [0.5, 0.6) is 0 Å². The van der Waals surface area contributed by atoms with Crippen LogP contribution in [0, 0.1) is 0 Å². The second-order valence-corrected chi connectivity index (χ2v) is 7.54. The van der Waals surface area contributed by atoms with E-state index in [2.05, 4.69) is 46.3 Å². The van der Waals surface area contributed by atoms with Gasteiger partial charge in [-0.25, -0.2) is 0 Å². The predicted octanol–water partition coefficient (Wildman–Crippen LogP) is 2.01. The summed E-state index contributed by atoms with van der Waals surface area (Å²) in [6, 6.07) is 10.5. The first-order valence-corrected chi connectivity index (χ1v) is 10.00. The zero-order valence-corrected chi connectivity index (χ0v) is 16.2. The van der Waals surface area contributed by atoms with Gasteiger partial charge >= 0.3 is 0 Å². The topological polar surface area (TPSA) is 42.8 Å². The summed E-state index contributed by atoms with van der Waals surface area (Å²) in [5, 5.41) is 4.72. The Balaban J connectivity index is 1.44. The van der Waals surface area contributed by atoms with Crippen molar-refractivity contribution in [2.24, 2.45) is 7.05 Å². The lowest BCUT2D eigenvalue weighted by Gasteiger charge is -2.31. The highest BCUT2D eigenvalue weighted by atomic mass is 16.5. The van der Waals surface area contributed by atoms with Crippen molar-refractivity contribution in [2.45, 2.75) is 19.1 Å². The number of hydrogen-bond acceptors (Lipinski definition) is 5. The summed E-state index contributed by atoms with van der Waals surface area (Å²) in [4.78, 5) is 5.00. The largest absolute Gasteiger partial charge is 0.379 e. The minimum absolute atomic E-state index is 0.266. The molecule has 1 aromatic carbocycles. The zero-order valence-electron chi connectivity index (χ0n) is 16.2. The van der Waals surface area contributed by atoms with Crippen LogP contribution in [0.1, 0.15) is 12.0 Å². The Morgan fingerprint density at radius 1 is 1.04 bits per heavy atom. The molecule has 2 aliphatic heterocycles. The quantitative estimate of drug-likeness (QED) is 0.806. The number of morpholine rings is 1.